The number of hydrogen-bond acceptors (Lipinski definition) is 3. The van der Waals surface area contributed by atoms with Crippen LogP contribution in [-0.4, -0.2) is 17.6 Å². The number of nitrogens with one attached hydrogen (secondary N) is 1. The minimum atomic E-state index is -0.485. The molecule has 1 amide bonds. The summed E-state index contributed by atoms with van der Waals surface area (Å²) in [6.07, 6.45) is 0. The fraction of sp³-hybridized carbons (Fsp3) is 0.133. The summed E-state index contributed by atoms with van der Waals surface area (Å²) in [7, 11) is 0. The molecule has 2 aromatic rings. The van der Waals surface area contributed by atoms with E-state index in [0.29, 0.717) is 16.3 Å². The Kier molecular flexibility index (Phi) is 4.61. The van der Waals surface area contributed by atoms with E-state index in [1.807, 2.05) is 30.3 Å². The molecule has 0 saturated carbocycles. The van der Waals surface area contributed by atoms with E-state index in [1.165, 1.54) is 6.07 Å². The molecule has 4 N–H and O–H groups in total. The maximum atomic E-state index is 12.2. The molecule has 104 valence electrons. The smallest absolute Gasteiger partial charge is 0.253 e. The van der Waals surface area contributed by atoms with E-state index in [2.05, 4.69) is 5.32 Å². The van der Waals surface area contributed by atoms with Crippen molar-refractivity contribution >= 4 is 23.2 Å². The van der Waals surface area contributed by atoms with E-state index >= 15 is 0 Å². The maximum absolute atomic E-state index is 12.2. The zero-order chi connectivity index (χ0) is 14.5. The van der Waals surface area contributed by atoms with Gasteiger partial charge in [-0.15, -0.1) is 0 Å². The van der Waals surface area contributed by atoms with Crippen LogP contribution >= 0.6 is 11.6 Å². The average Bonchev–Trinajstić information content (AvgIpc) is 2.48. The number of amides is 1. The number of aliphatic hydroxyl groups excluding tert-OH is 1. The first-order valence-electron chi connectivity index (χ1n) is 6.13. The zero-order valence-electron chi connectivity index (χ0n) is 10.7. The Morgan fingerprint density at radius 3 is 2.60 bits per heavy atom. The van der Waals surface area contributed by atoms with Gasteiger partial charge >= 0.3 is 0 Å². The van der Waals surface area contributed by atoms with Crippen LogP contribution in [-0.2, 0) is 0 Å². The fourth-order valence-corrected chi connectivity index (χ4v) is 2.08. The van der Waals surface area contributed by atoms with Crippen LogP contribution in [0.4, 0.5) is 5.69 Å². The molecule has 2 rings (SSSR count). The number of anilines is 1. The molecular weight excluding hydrogens is 276 g/mol. The van der Waals surface area contributed by atoms with Gasteiger partial charge in [0.1, 0.15) is 0 Å². The third-order valence-corrected chi connectivity index (χ3v) is 3.25. The van der Waals surface area contributed by atoms with Crippen LogP contribution in [0.15, 0.2) is 48.5 Å². The topological polar surface area (TPSA) is 75.4 Å². The molecular formula is C15H15ClN2O2. The van der Waals surface area contributed by atoms with E-state index in [1.54, 1.807) is 12.1 Å². The molecule has 2 aromatic carbocycles. The van der Waals surface area contributed by atoms with Crippen molar-refractivity contribution in [1.82, 2.24) is 5.32 Å². The Hall–Kier alpha value is -2.04. The highest BCUT2D eigenvalue weighted by atomic mass is 35.5. The average molecular weight is 291 g/mol. The van der Waals surface area contributed by atoms with Crippen LogP contribution in [0.2, 0.25) is 5.02 Å². The SMILES string of the molecule is Nc1ccc(Cl)c(C(=O)N[C@@H](CO)c2ccccc2)c1. The lowest BCUT2D eigenvalue weighted by molar-refractivity contribution is 0.0916. The van der Waals surface area contributed by atoms with Gasteiger partial charge < -0.3 is 16.2 Å². The van der Waals surface area contributed by atoms with Crippen LogP contribution < -0.4 is 11.1 Å². The van der Waals surface area contributed by atoms with Crippen LogP contribution in [0, 0.1) is 0 Å². The maximum Gasteiger partial charge on any atom is 0.253 e. The first-order chi connectivity index (χ1) is 9.61. The number of benzene rings is 2. The van der Waals surface area contributed by atoms with E-state index in [0.717, 1.165) is 5.56 Å². The third-order valence-electron chi connectivity index (χ3n) is 2.92. The normalized spacial score (nSPS) is 11.9. The fourth-order valence-electron chi connectivity index (χ4n) is 1.87. The summed E-state index contributed by atoms with van der Waals surface area (Å²) in [5.41, 5.74) is 7.23. The minimum Gasteiger partial charge on any atom is -0.399 e. The summed E-state index contributed by atoms with van der Waals surface area (Å²) in [6, 6.07) is 13.5. The van der Waals surface area contributed by atoms with E-state index in [-0.39, 0.29) is 12.5 Å². The number of carbonyl (C=O) groups excluding carboxylic acids is 1. The predicted octanol–water partition coefficient (Wildman–Crippen LogP) is 2.39. The molecule has 0 spiro atoms. The molecule has 1 atom stereocenters. The van der Waals surface area contributed by atoms with Gasteiger partial charge in [0.2, 0.25) is 0 Å². The Bertz CT molecular complexity index is 602. The van der Waals surface area contributed by atoms with Crippen molar-refractivity contribution in [3.63, 3.8) is 0 Å². The summed E-state index contributed by atoms with van der Waals surface area (Å²) in [5, 5.41) is 12.5. The Morgan fingerprint density at radius 1 is 1.25 bits per heavy atom. The molecule has 20 heavy (non-hydrogen) atoms. The molecule has 0 aliphatic heterocycles. The summed E-state index contributed by atoms with van der Waals surface area (Å²) in [6.45, 7) is -0.199. The summed E-state index contributed by atoms with van der Waals surface area (Å²) in [4.78, 5) is 12.2. The second-order valence-corrected chi connectivity index (χ2v) is 4.77. The Balaban J connectivity index is 2.20. The lowest BCUT2D eigenvalue weighted by Gasteiger charge is -2.17. The first-order valence-corrected chi connectivity index (χ1v) is 6.51. The van der Waals surface area contributed by atoms with Crippen molar-refractivity contribution in [2.24, 2.45) is 0 Å². The van der Waals surface area contributed by atoms with Gasteiger partial charge in [-0.25, -0.2) is 0 Å². The van der Waals surface area contributed by atoms with Gasteiger partial charge in [0.15, 0.2) is 0 Å². The van der Waals surface area contributed by atoms with Gasteiger partial charge in [-0.05, 0) is 23.8 Å². The van der Waals surface area contributed by atoms with Crippen molar-refractivity contribution in [1.29, 1.82) is 0 Å². The van der Waals surface area contributed by atoms with Crippen molar-refractivity contribution in [2.75, 3.05) is 12.3 Å². The Labute approximate surface area is 122 Å². The molecule has 0 unspecified atom stereocenters. The number of nitrogens with two attached hydrogens (primary N) is 1. The first kappa shape index (κ1) is 14.4. The van der Waals surface area contributed by atoms with Gasteiger partial charge in [0, 0.05) is 5.69 Å². The number of halogens is 1. The highest BCUT2D eigenvalue weighted by Gasteiger charge is 2.17. The molecule has 0 aliphatic rings. The number of hydrogen-bond donors (Lipinski definition) is 3. The van der Waals surface area contributed by atoms with E-state index in [9.17, 15) is 9.90 Å². The van der Waals surface area contributed by atoms with Gasteiger partial charge in [-0.2, -0.15) is 0 Å². The molecule has 0 fully saturated rings. The van der Waals surface area contributed by atoms with Crippen molar-refractivity contribution in [2.45, 2.75) is 6.04 Å². The predicted molar refractivity (Wildman–Crippen MR) is 79.6 cm³/mol. The largest absolute Gasteiger partial charge is 0.399 e. The second kappa shape index (κ2) is 6.41. The van der Waals surface area contributed by atoms with Crippen LogP contribution in [0.5, 0.6) is 0 Å². The molecule has 0 saturated heterocycles. The summed E-state index contributed by atoms with van der Waals surface area (Å²) >= 11 is 5.98. The molecule has 0 aliphatic carbocycles. The molecule has 0 radical (unpaired) electrons. The van der Waals surface area contributed by atoms with Gasteiger partial charge in [0.05, 0.1) is 23.2 Å². The monoisotopic (exact) mass is 290 g/mol. The minimum absolute atomic E-state index is 0.199. The molecule has 4 nitrogen and oxygen atoms in total. The molecule has 0 heterocycles. The molecule has 5 heteroatoms. The van der Waals surface area contributed by atoms with Crippen LogP contribution in [0.1, 0.15) is 22.0 Å². The second-order valence-electron chi connectivity index (χ2n) is 4.36. The lowest BCUT2D eigenvalue weighted by atomic mass is 10.1. The van der Waals surface area contributed by atoms with E-state index in [4.69, 9.17) is 17.3 Å². The Morgan fingerprint density at radius 2 is 1.95 bits per heavy atom. The van der Waals surface area contributed by atoms with Crippen molar-refractivity contribution < 1.29 is 9.90 Å². The summed E-state index contributed by atoms with van der Waals surface area (Å²) < 4.78 is 0. The number of carbonyl (C=O) groups is 1. The van der Waals surface area contributed by atoms with E-state index < -0.39 is 6.04 Å². The lowest BCUT2D eigenvalue weighted by Crippen LogP contribution is -2.31. The number of nitrogen functional groups attached to an aromatic ring is 1. The van der Waals surface area contributed by atoms with Gasteiger partial charge in [-0.1, -0.05) is 41.9 Å². The standard InChI is InChI=1S/C15H15ClN2O2/c16-13-7-6-11(17)8-12(13)15(20)18-14(9-19)10-4-2-1-3-5-10/h1-8,14,19H,9,17H2,(H,18,20)/t14-/m0/s1. The quantitative estimate of drug-likeness (QED) is 0.757. The van der Waals surface area contributed by atoms with Gasteiger partial charge in [-0.3, -0.25) is 4.79 Å². The molecule has 0 aromatic heterocycles. The highest BCUT2D eigenvalue weighted by Crippen LogP contribution is 2.20. The number of rotatable bonds is 4. The zero-order valence-corrected chi connectivity index (χ0v) is 11.5. The van der Waals surface area contributed by atoms with Crippen molar-refractivity contribution in [3.05, 3.63) is 64.7 Å². The van der Waals surface area contributed by atoms with Gasteiger partial charge in [0.25, 0.3) is 5.91 Å². The number of aliphatic hydroxyl groups is 1. The van der Waals surface area contributed by atoms with Crippen molar-refractivity contribution in [3.8, 4) is 0 Å². The third kappa shape index (κ3) is 3.29. The highest BCUT2D eigenvalue weighted by molar-refractivity contribution is 6.34. The van der Waals surface area contributed by atoms with Crippen LogP contribution in [0.3, 0.4) is 0 Å². The van der Waals surface area contributed by atoms with Crippen LogP contribution in [0.25, 0.3) is 0 Å². The summed E-state index contributed by atoms with van der Waals surface area (Å²) in [5.74, 6) is -0.370. The molecule has 0 bridgehead atoms.